The van der Waals surface area contributed by atoms with E-state index in [9.17, 15) is 0 Å². The molecule has 0 aromatic carbocycles. The van der Waals surface area contributed by atoms with Crippen molar-refractivity contribution in [2.45, 2.75) is 27.2 Å². The first-order chi connectivity index (χ1) is 4.67. The van der Waals surface area contributed by atoms with E-state index < -0.39 is 0 Å². The Bertz CT molecular complexity index is 178. The molecule has 0 radical (unpaired) electrons. The van der Waals surface area contributed by atoms with Crippen LogP contribution in [-0.4, -0.2) is 0 Å². The van der Waals surface area contributed by atoms with Gasteiger partial charge in [0, 0.05) is 0 Å². The van der Waals surface area contributed by atoms with Gasteiger partial charge in [-0.25, -0.2) is 0 Å². The maximum atomic E-state index is 2.47. The van der Waals surface area contributed by atoms with Crippen molar-refractivity contribution < 1.29 is 0 Å². The summed E-state index contributed by atoms with van der Waals surface area (Å²) in [5, 5.41) is 0. The minimum Gasteiger partial charge on any atom is -0.0848 e. The quantitative estimate of drug-likeness (QED) is 0.486. The van der Waals surface area contributed by atoms with Crippen LogP contribution in [0, 0.1) is 23.2 Å². The summed E-state index contributed by atoms with van der Waals surface area (Å²) in [6.45, 7) is 7.04. The molecule has 0 heterocycles. The van der Waals surface area contributed by atoms with Gasteiger partial charge in [-0.2, -0.15) is 0 Å². The highest BCUT2D eigenvalue weighted by molar-refractivity contribution is 5.25. The summed E-state index contributed by atoms with van der Waals surface area (Å²) in [5.41, 5.74) is 0.652. The molecule has 2 rings (SSSR count). The van der Waals surface area contributed by atoms with Crippen molar-refractivity contribution in [3.8, 4) is 0 Å². The van der Waals surface area contributed by atoms with Gasteiger partial charge in [-0.1, -0.05) is 32.9 Å². The number of fused-ring (bicyclic) bond motifs is 1. The van der Waals surface area contributed by atoms with Gasteiger partial charge >= 0.3 is 0 Å². The van der Waals surface area contributed by atoms with Gasteiger partial charge in [-0.3, -0.25) is 0 Å². The maximum absolute atomic E-state index is 2.47. The predicted octanol–water partition coefficient (Wildman–Crippen LogP) is 2.85. The molecule has 1 saturated carbocycles. The number of hydrogen-bond donors (Lipinski definition) is 0. The summed E-state index contributed by atoms with van der Waals surface area (Å²) in [6, 6.07) is 0. The van der Waals surface area contributed by atoms with Crippen LogP contribution < -0.4 is 0 Å². The first-order valence-electron chi connectivity index (χ1n) is 4.36. The van der Waals surface area contributed by atoms with Crippen molar-refractivity contribution in [3.63, 3.8) is 0 Å². The topological polar surface area (TPSA) is 0 Å². The highest BCUT2D eigenvalue weighted by Gasteiger charge is 2.58. The lowest BCUT2D eigenvalue weighted by atomic mass is 9.91. The molecule has 0 saturated heterocycles. The zero-order chi connectivity index (χ0) is 7.35. The monoisotopic (exact) mass is 136 g/mol. The molecule has 0 bridgehead atoms. The summed E-state index contributed by atoms with van der Waals surface area (Å²) < 4.78 is 0. The van der Waals surface area contributed by atoms with Crippen molar-refractivity contribution in [1.82, 2.24) is 0 Å². The zero-order valence-corrected chi connectivity index (χ0v) is 7.09. The van der Waals surface area contributed by atoms with Crippen LogP contribution in [0.3, 0.4) is 0 Å². The van der Waals surface area contributed by atoms with Crippen LogP contribution in [0.1, 0.15) is 27.2 Å². The SMILES string of the molecule is CC(C)C12C=C[C@H](C)C1C2. The fourth-order valence-corrected chi connectivity index (χ4v) is 2.51. The van der Waals surface area contributed by atoms with Crippen LogP contribution in [-0.2, 0) is 0 Å². The standard InChI is InChI=1S/C10H16/c1-7(2)10-5-4-8(3)9(10)6-10/h4-5,7-9H,6H2,1-3H3/t8-,9?,10?/m0/s1. The van der Waals surface area contributed by atoms with E-state index in [4.69, 9.17) is 0 Å². The lowest BCUT2D eigenvalue weighted by Crippen LogP contribution is -2.06. The Morgan fingerprint density at radius 1 is 1.50 bits per heavy atom. The normalized spacial score (nSPS) is 50.0. The van der Waals surface area contributed by atoms with Crippen LogP contribution in [0.5, 0.6) is 0 Å². The summed E-state index contributed by atoms with van der Waals surface area (Å²) >= 11 is 0. The molecular formula is C10H16. The van der Waals surface area contributed by atoms with Gasteiger partial charge in [-0.15, -0.1) is 0 Å². The minimum absolute atomic E-state index is 0.652. The van der Waals surface area contributed by atoms with Crippen molar-refractivity contribution in [2.24, 2.45) is 23.2 Å². The molecule has 2 aliphatic rings. The molecule has 0 aliphatic heterocycles. The van der Waals surface area contributed by atoms with Crippen LogP contribution >= 0.6 is 0 Å². The third-order valence-corrected chi connectivity index (χ3v) is 3.52. The fourth-order valence-electron chi connectivity index (χ4n) is 2.51. The molecule has 0 spiro atoms. The predicted molar refractivity (Wildman–Crippen MR) is 43.7 cm³/mol. The Morgan fingerprint density at radius 2 is 2.20 bits per heavy atom. The van der Waals surface area contributed by atoms with Crippen molar-refractivity contribution >= 4 is 0 Å². The fraction of sp³-hybridized carbons (Fsp3) is 0.800. The molecular weight excluding hydrogens is 120 g/mol. The molecule has 1 fully saturated rings. The summed E-state index contributed by atoms with van der Waals surface area (Å²) in [4.78, 5) is 0. The largest absolute Gasteiger partial charge is 0.0848 e. The van der Waals surface area contributed by atoms with E-state index in [-0.39, 0.29) is 0 Å². The third kappa shape index (κ3) is 0.574. The van der Waals surface area contributed by atoms with Gasteiger partial charge in [-0.05, 0) is 29.6 Å². The first-order valence-corrected chi connectivity index (χ1v) is 4.36. The van der Waals surface area contributed by atoms with E-state index in [0.29, 0.717) is 5.41 Å². The average Bonchev–Trinajstić information content (AvgIpc) is 2.52. The molecule has 2 unspecified atom stereocenters. The second-order valence-electron chi connectivity index (χ2n) is 4.30. The highest BCUT2D eigenvalue weighted by atomic mass is 14.6. The van der Waals surface area contributed by atoms with E-state index in [1.165, 1.54) is 6.42 Å². The lowest BCUT2D eigenvalue weighted by Gasteiger charge is -2.13. The Labute approximate surface area is 63.3 Å². The van der Waals surface area contributed by atoms with E-state index in [1.54, 1.807) is 0 Å². The van der Waals surface area contributed by atoms with Crippen LogP contribution in [0.2, 0.25) is 0 Å². The molecule has 56 valence electrons. The van der Waals surface area contributed by atoms with Gasteiger partial charge in [0.25, 0.3) is 0 Å². The molecule has 0 aromatic heterocycles. The molecule has 3 atom stereocenters. The van der Waals surface area contributed by atoms with Crippen molar-refractivity contribution in [2.75, 3.05) is 0 Å². The van der Waals surface area contributed by atoms with Gasteiger partial charge in [0.2, 0.25) is 0 Å². The number of rotatable bonds is 1. The van der Waals surface area contributed by atoms with Gasteiger partial charge in [0.15, 0.2) is 0 Å². The van der Waals surface area contributed by atoms with E-state index >= 15 is 0 Å². The number of allylic oxidation sites excluding steroid dienone is 2. The maximum Gasteiger partial charge on any atom is -0.00579 e. The summed E-state index contributed by atoms with van der Waals surface area (Å²) in [6.07, 6.45) is 6.32. The van der Waals surface area contributed by atoms with Crippen LogP contribution in [0.4, 0.5) is 0 Å². The smallest absolute Gasteiger partial charge is 0.00579 e. The minimum atomic E-state index is 0.652. The Balaban J connectivity index is 2.19. The van der Waals surface area contributed by atoms with Gasteiger partial charge in [0.05, 0.1) is 0 Å². The number of hydrogen-bond acceptors (Lipinski definition) is 0. The molecule has 0 nitrogen and oxygen atoms in total. The van der Waals surface area contributed by atoms with Crippen molar-refractivity contribution in [1.29, 1.82) is 0 Å². The molecule has 0 amide bonds. The summed E-state index contributed by atoms with van der Waals surface area (Å²) in [7, 11) is 0. The van der Waals surface area contributed by atoms with Crippen molar-refractivity contribution in [3.05, 3.63) is 12.2 Å². The van der Waals surface area contributed by atoms with Gasteiger partial charge < -0.3 is 0 Å². The molecule has 2 aliphatic carbocycles. The molecule has 0 N–H and O–H groups in total. The lowest BCUT2D eigenvalue weighted by molar-refractivity contribution is 0.401. The summed E-state index contributed by atoms with van der Waals surface area (Å²) in [5.74, 6) is 2.73. The Kier molecular flexibility index (Phi) is 1.07. The third-order valence-electron chi connectivity index (χ3n) is 3.52. The van der Waals surface area contributed by atoms with Crippen LogP contribution in [0.25, 0.3) is 0 Å². The van der Waals surface area contributed by atoms with Crippen LogP contribution in [0.15, 0.2) is 12.2 Å². The second-order valence-corrected chi connectivity index (χ2v) is 4.30. The first kappa shape index (κ1) is 6.45. The zero-order valence-electron chi connectivity index (χ0n) is 7.09. The highest BCUT2D eigenvalue weighted by Crippen LogP contribution is 2.65. The second kappa shape index (κ2) is 1.66. The molecule has 0 heteroatoms. The van der Waals surface area contributed by atoms with E-state index in [2.05, 4.69) is 32.9 Å². The van der Waals surface area contributed by atoms with E-state index in [0.717, 1.165) is 17.8 Å². The molecule has 10 heavy (non-hydrogen) atoms. The molecule has 0 aromatic rings. The van der Waals surface area contributed by atoms with E-state index in [1.807, 2.05) is 0 Å². The average molecular weight is 136 g/mol. The van der Waals surface area contributed by atoms with Gasteiger partial charge in [0.1, 0.15) is 0 Å². The Morgan fingerprint density at radius 3 is 2.40 bits per heavy atom. The Hall–Kier alpha value is -0.260.